The highest BCUT2D eigenvalue weighted by molar-refractivity contribution is 5.99. The number of hydrogen-bond donors (Lipinski definition) is 2. The van der Waals surface area contributed by atoms with Crippen LogP contribution in [0.25, 0.3) is 0 Å². The molecule has 0 aromatic heterocycles. The van der Waals surface area contributed by atoms with Gasteiger partial charge in [0.05, 0.1) is 6.54 Å². The number of hydrogen-bond acceptors (Lipinski definition) is 2. The SMILES string of the molecule is CCCCCCNC(=O)NCC(=O)c1ccccc1. The summed E-state index contributed by atoms with van der Waals surface area (Å²) >= 11 is 0. The summed E-state index contributed by atoms with van der Waals surface area (Å²) in [4.78, 5) is 23.2. The second kappa shape index (κ2) is 9.14. The number of Topliss-reactive ketones (excluding diaryl/α,β-unsaturated/α-hetero) is 1. The monoisotopic (exact) mass is 262 g/mol. The number of urea groups is 1. The van der Waals surface area contributed by atoms with Crippen LogP contribution in [0.15, 0.2) is 30.3 Å². The van der Waals surface area contributed by atoms with Crippen LogP contribution in [0, 0.1) is 0 Å². The zero-order valence-electron chi connectivity index (χ0n) is 11.4. The molecule has 0 aliphatic carbocycles. The molecule has 19 heavy (non-hydrogen) atoms. The van der Waals surface area contributed by atoms with Gasteiger partial charge in [0.1, 0.15) is 0 Å². The fourth-order valence-electron chi connectivity index (χ4n) is 1.70. The maximum Gasteiger partial charge on any atom is 0.315 e. The third-order valence-electron chi connectivity index (χ3n) is 2.82. The zero-order valence-corrected chi connectivity index (χ0v) is 11.4. The van der Waals surface area contributed by atoms with E-state index in [-0.39, 0.29) is 18.4 Å². The van der Waals surface area contributed by atoms with E-state index in [0.29, 0.717) is 12.1 Å². The highest BCUT2D eigenvalue weighted by atomic mass is 16.2. The van der Waals surface area contributed by atoms with Crippen molar-refractivity contribution < 1.29 is 9.59 Å². The summed E-state index contributed by atoms with van der Waals surface area (Å²) in [5.41, 5.74) is 0.616. The Bertz CT molecular complexity index is 390. The molecule has 0 atom stereocenters. The molecule has 4 heteroatoms. The molecule has 0 fully saturated rings. The predicted molar refractivity (Wildman–Crippen MR) is 76.3 cm³/mol. The van der Waals surface area contributed by atoms with E-state index >= 15 is 0 Å². The molecule has 0 saturated heterocycles. The van der Waals surface area contributed by atoms with Crippen LogP contribution in [0.4, 0.5) is 4.79 Å². The molecular formula is C15H22N2O2. The molecule has 0 heterocycles. The molecule has 1 aromatic rings. The number of nitrogens with one attached hydrogen (secondary N) is 2. The van der Waals surface area contributed by atoms with Gasteiger partial charge in [0, 0.05) is 12.1 Å². The fourth-order valence-corrected chi connectivity index (χ4v) is 1.70. The summed E-state index contributed by atoms with van der Waals surface area (Å²) in [5, 5.41) is 5.32. The topological polar surface area (TPSA) is 58.2 Å². The minimum Gasteiger partial charge on any atom is -0.338 e. The van der Waals surface area contributed by atoms with Crippen molar-refractivity contribution in [1.29, 1.82) is 0 Å². The Labute approximate surface area is 114 Å². The van der Waals surface area contributed by atoms with E-state index in [2.05, 4.69) is 17.6 Å². The maximum absolute atomic E-state index is 11.7. The highest BCUT2D eigenvalue weighted by Crippen LogP contribution is 1.99. The molecule has 0 spiro atoms. The number of unbranched alkanes of at least 4 members (excludes halogenated alkanes) is 3. The number of rotatable bonds is 8. The standard InChI is InChI=1S/C15H22N2O2/c1-2-3-4-8-11-16-15(19)17-12-14(18)13-9-6-5-7-10-13/h5-7,9-10H,2-4,8,11-12H2,1H3,(H2,16,17,19). The quantitative estimate of drug-likeness (QED) is 0.559. The molecule has 104 valence electrons. The van der Waals surface area contributed by atoms with E-state index in [1.807, 2.05) is 6.07 Å². The number of carbonyl (C=O) groups excluding carboxylic acids is 2. The molecule has 1 aromatic carbocycles. The Hall–Kier alpha value is -1.84. The first-order valence-electron chi connectivity index (χ1n) is 6.84. The summed E-state index contributed by atoms with van der Waals surface area (Å²) in [6, 6.07) is 8.68. The first kappa shape index (κ1) is 15.2. The summed E-state index contributed by atoms with van der Waals surface area (Å²) in [5.74, 6) is -0.0817. The van der Waals surface area contributed by atoms with Crippen molar-refractivity contribution in [3.8, 4) is 0 Å². The van der Waals surface area contributed by atoms with Crippen LogP contribution in [0.1, 0.15) is 43.0 Å². The molecule has 1 rings (SSSR count). The Kier molecular flexibility index (Phi) is 7.32. The predicted octanol–water partition coefficient (Wildman–Crippen LogP) is 2.75. The highest BCUT2D eigenvalue weighted by Gasteiger charge is 2.06. The Morgan fingerprint density at radius 1 is 1.00 bits per heavy atom. The molecule has 0 bridgehead atoms. The van der Waals surface area contributed by atoms with Crippen LogP contribution in [0.5, 0.6) is 0 Å². The van der Waals surface area contributed by atoms with Crippen molar-refractivity contribution >= 4 is 11.8 Å². The molecule has 2 N–H and O–H groups in total. The van der Waals surface area contributed by atoms with Crippen molar-refractivity contribution in [3.05, 3.63) is 35.9 Å². The van der Waals surface area contributed by atoms with Gasteiger partial charge in [-0.25, -0.2) is 4.79 Å². The molecule has 4 nitrogen and oxygen atoms in total. The van der Waals surface area contributed by atoms with Crippen LogP contribution in [-0.4, -0.2) is 24.9 Å². The van der Waals surface area contributed by atoms with Crippen molar-refractivity contribution in [2.45, 2.75) is 32.6 Å². The van der Waals surface area contributed by atoms with Gasteiger partial charge in [-0.1, -0.05) is 56.5 Å². The van der Waals surface area contributed by atoms with Crippen LogP contribution in [0.2, 0.25) is 0 Å². The molecule has 0 aliphatic heterocycles. The van der Waals surface area contributed by atoms with Crippen LogP contribution < -0.4 is 10.6 Å². The number of ketones is 1. The fraction of sp³-hybridized carbons (Fsp3) is 0.467. The summed E-state index contributed by atoms with van der Waals surface area (Å²) in [6.45, 7) is 2.84. The minimum absolute atomic E-state index is 0.0325. The minimum atomic E-state index is -0.277. The first-order valence-corrected chi connectivity index (χ1v) is 6.84. The lowest BCUT2D eigenvalue weighted by molar-refractivity contribution is 0.0992. The van der Waals surface area contributed by atoms with E-state index < -0.39 is 0 Å². The average Bonchev–Trinajstić information content (AvgIpc) is 2.45. The van der Waals surface area contributed by atoms with Crippen molar-refractivity contribution in [3.63, 3.8) is 0 Å². The van der Waals surface area contributed by atoms with E-state index in [0.717, 1.165) is 12.8 Å². The normalized spacial score (nSPS) is 9.95. The smallest absolute Gasteiger partial charge is 0.315 e. The van der Waals surface area contributed by atoms with Gasteiger partial charge < -0.3 is 10.6 Å². The Morgan fingerprint density at radius 3 is 2.42 bits per heavy atom. The number of carbonyl (C=O) groups is 2. The first-order chi connectivity index (χ1) is 9.24. The summed E-state index contributed by atoms with van der Waals surface area (Å²) in [7, 11) is 0. The van der Waals surface area contributed by atoms with Crippen molar-refractivity contribution in [1.82, 2.24) is 10.6 Å². The second-order valence-corrected chi connectivity index (χ2v) is 4.46. The van der Waals surface area contributed by atoms with Gasteiger partial charge >= 0.3 is 6.03 Å². The third-order valence-corrected chi connectivity index (χ3v) is 2.82. The third kappa shape index (κ3) is 6.60. The van der Waals surface area contributed by atoms with Crippen LogP contribution in [0.3, 0.4) is 0 Å². The zero-order chi connectivity index (χ0) is 13.9. The van der Waals surface area contributed by atoms with Gasteiger partial charge in [-0.2, -0.15) is 0 Å². The van der Waals surface area contributed by atoms with Crippen molar-refractivity contribution in [2.75, 3.05) is 13.1 Å². The van der Waals surface area contributed by atoms with E-state index in [4.69, 9.17) is 0 Å². The van der Waals surface area contributed by atoms with Crippen molar-refractivity contribution in [2.24, 2.45) is 0 Å². The summed E-state index contributed by atoms with van der Waals surface area (Å²) < 4.78 is 0. The van der Waals surface area contributed by atoms with E-state index in [1.54, 1.807) is 24.3 Å². The second-order valence-electron chi connectivity index (χ2n) is 4.46. The summed E-state index contributed by atoms with van der Waals surface area (Å²) in [6.07, 6.45) is 4.47. The average molecular weight is 262 g/mol. The van der Waals surface area contributed by atoms with Gasteiger partial charge in [0.25, 0.3) is 0 Å². The van der Waals surface area contributed by atoms with Crippen LogP contribution in [-0.2, 0) is 0 Å². The lowest BCUT2D eigenvalue weighted by Gasteiger charge is -2.07. The lowest BCUT2D eigenvalue weighted by atomic mass is 10.1. The van der Waals surface area contributed by atoms with Gasteiger partial charge in [0.15, 0.2) is 5.78 Å². The number of benzene rings is 1. The van der Waals surface area contributed by atoms with E-state index in [9.17, 15) is 9.59 Å². The maximum atomic E-state index is 11.7. The molecule has 0 unspecified atom stereocenters. The molecule has 0 saturated carbocycles. The largest absolute Gasteiger partial charge is 0.338 e. The Morgan fingerprint density at radius 2 is 1.74 bits per heavy atom. The van der Waals surface area contributed by atoms with Crippen LogP contribution >= 0.6 is 0 Å². The van der Waals surface area contributed by atoms with Gasteiger partial charge in [0.2, 0.25) is 0 Å². The molecule has 0 aliphatic rings. The van der Waals surface area contributed by atoms with Gasteiger partial charge in [-0.15, -0.1) is 0 Å². The Balaban J connectivity index is 2.15. The molecule has 0 radical (unpaired) electrons. The van der Waals surface area contributed by atoms with Gasteiger partial charge in [-0.3, -0.25) is 4.79 Å². The van der Waals surface area contributed by atoms with E-state index in [1.165, 1.54) is 12.8 Å². The number of amides is 2. The van der Waals surface area contributed by atoms with Gasteiger partial charge in [-0.05, 0) is 6.42 Å². The molecule has 2 amide bonds. The lowest BCUT2D eigenvalue weighted by Crippen LogP contribution is -2.38. The molecular weight excluding hydrogens is 240 g/mol.